The number of hydrogen-bond donors (Lipinski definition) is 1. The lowest BCUT2D eigenvalue weighted by molar-refractivity contribution is -0.924. The zero-order chi connectivity index (χ0) is 20.9. The monoisotopic (exact) mass is 424 g/mol. The summed E-state index contributed by atoms with van der Waals surface area (Å²) in [6, 6.07) is 9.71. The van der Waals surface area contributed by atoms with Crippen LogP contribution in [0.4, 0.5) is 5.95 Å². The summed E-state index contributed by atoms with van der Waals surface area (Å²) in [6.07, 6.45) is 5.41. The van der Waals surface area contributed by atoms with Gasteiger partial charge in [-0.3, -0.25) is 4.57 Å². The molecule has 4 rings (SSSR count). The van der Waals surface area contributed by atoms with Crippen LogP contribution in [-0.2, 0) is 13.2 Å². The van der Waals surface area contributed by atoms with E-state index in [0.29, 0.717) is 18.0 Å². The highest BCUT2D eigenvalue weighted by atomic mass is 32.1. The molecule has 0 bridgehead atoms. The lowest BCUT2D eigenvalue weighted by atomic mass is 10.2. The predicted molar refractivity (Wildman–Crippen MR) is 118 cm³/mol. The topological polar surface area (TPSA) is 65.4 Å². The summed E-state index contributed by atoms with van der Waals surface area (Å²) < 4.78 is 10.2. The van der Waals surface area contributed by atoms with E-state index in [1.165, 1.54) is 4.90 Å². The van der Waals surface area contributed by atoms with Gasteiger partial charge in [0.25, 0.3) is 0 Å². The highest BCUT2D eigenvalue weighted by molar-refractivity contribution is 7.71. The summed E-state index contributed by atoms with van der Waals surface area (Å²) in [5.41, 5.74) is 0.924. The maximum absolute atomic E-state index is 5.76. The van der Waals surface area contributed by atoms with Crippen molar-refractivity contribution in [1.29, 1.82) is 0 Å². The van der Waals surface area contributed by atoms with E-state index < -0.39 is 0 Å². The number of nitrogens with zero attached hydrogens (tertiary/aromatic N) is 6. The Hall–Kier alpha value is -3.04. The lowest BCUT2D eigenvalue weighted by Crippen LogP contribution is -3.14. The minimum atomic E-state index is 0.598. The van der Waals surface area contributed by atoms with Crippen molar-refractivity contribution < 1.29 is 9.64 Å². The Morgan fingerprint density at radius 2 is 1.90 bits per heavy atom. The minimum Gasteiger partial charge on any atom is -0.496 e. The van der Waals surface area contributed by atoms with Crippen LogP contribution in [0.5, 0.6) is 5.75 Å². The second kappa shape index (κ2) is 9.19. The number of quaternary nitrogens is 1. The van der Waals surface area contributed by atoms with Crippen molar-refractivity contribution in [2.45, 2.75) is 13.2 Å². The molecule has 156 valence electrons. The van der Waals surface area contributed by atoms with Gasteiger partial charge >= 0.3 is 0 Å². The largest absolute Gasteiger partial charge is 0.496 e. The molecule has 0 saturated carbocycles. The Bertz CT molecular complexity index is 1050. The van der Waals surface area contributed by atoms with Crippen LogP contribution in [0.15, 0.2) is 55.4 Å². The molecule has 0 atom stereocenters. The fourth-order valence-electron chi connectivity index (χ4n) is 3.71. The van der Waals surface area contributed by atoms with E-state index in [0.717, 1.165) is 49.3 Å². The molecule has 3 aromatic rings. The standard InChI is InChI=1S/C21H25N7OS/c1-3-11-27-19(17-7-4-5-8-18(17)29-2)24-28(21(27)30)16-25-12-14-26(15-13-25)20-22-9-6-10-23-20/h3-10H,1,11-16H2,2H3/p+1. The van der Waals surface area contributed by atoms with E-state index in [1.807, 2.05) is 45.7 Å². The van der Waals surface area contributed by atoms with Crippen LogP contribution in [0.25, 0.3) is 11.4 Å². The molecule has 1 saturated heterocycles. The van der Waals surface area contributed by atoms with Gasteiger partial charge in [-0.2, -0.15) is 4.68 Å². The SMILES string of the molecule is C=CCn1c(-c2ccccc2OC)nn(C[NH+]2CCN(c3ncccn3)CC2)c1=S. The van der Waals surface area contributed by atoms with E-state index in [2.05, 4.69) is 21.4 Å². The number of aromatic nitrogens is 5. The molecule has 2 aromatic heterocycles. The Kier molecular flexibility index (Phi) is 6.20. The van der Waals surface area contributed by atoms with Gasteiger partial charge in [0.1, 0.15) is 5.75 Å². The summed E-state index contributed by atoms with van der Waals surface area (Å²) in [5.74, 6) is 2.37. The lowest BCUT2D eigenvalue weighted by Gasteiger charge is -2.31. The normalized spacial score (nSPS) is 14.6. The number of anilines is 1. The van der Waals surface area contributed by atoms with Gasteiger partial charge in [-0.25, -0.2) is 9.97 Å². The summed E-state index contributed by atoms with van der Waals surface area (Å²) in [7, 11) is 1.67. The fourth-order valence-corrected chi connectivity index (χ4v) is 3.98. The van der Waals surface area contributed by atoms with Gasteiger partial charge in [-0.05, 0) is 30.4 Å². The van der Waals surface area contributed by atoms with E-state index in [9.17, 15) is 0 Å². The average Bonchev–Trinajstić information content (AvgIpc) is 3.10. The van der Waals surface area contributed by atoms with Crippen molar-refractivity contribution in [1.82, 2.24) is 24.3 Å². The number of hydrogen-bond acceptors (Lipinski definition) is 6. The molecule has 30 heavy (non-hydrogen) atoms. The third kappa shape index (κ3) is 4.12. The first kappa shape index (κ1) is 20.2. The second-order valence-corrected chi connectivity index (χ2v) is 7.51. The van der Waals surface area contributed by atoms with Crippen LogP contribution in [0, 0.1) is 4.77 Å². The zero-order valence-electron chi connectivity index (χ0n) is 17.1. The number of methoxy groups -OCH3 is 1. The number of allylic oxidation sites excluding steroid dienone is 1. The maximum atomic E-state index is 5.76. The van der Waals surface area contributed by atoms with E-state index >= 15 is 0 Å². The molecule has 1 N–H and O–H groups in total. The number of piperazine rings is 1. The second-order valence-electron chi connectivity index (χ2n) is 7.15. The summed E-state index contributed by atoms with van der Waals surface area (Å²) in [5, 5.41) is 4.87. The van der Waals surface area contributed by atoms with Crippen molar-refractivity contribution in [2.24, 2.45) is 0 Å². The molecular weight excluding hydrogens is 398 g/mol. The summed E-state index contributed by atoms with van der Waals surface area (Å²) >= 11 is 5.76. The van der Waals surface area contributed by atoms with Crippen LogP contribution >= 0.6 is 12.2 Å². The van der Waals surface area contributed by atoms with Gasteiger partial charge in [0.2, 0.25) is 10.7 Å². The summed E-state index contributed by atoms with van der Waals surface area (Å²) in [6.45, 7) is 8.94. The number of rotatable bonds is 7. The molecular formula is C21H26N7OS+. The first-order valence-electron chi connectivity index (χ1n) is 9.98. The van der Waals surface area contributed by atoms with Crippen LogP contribution in [0.1, 0.15) is 0 Å². The van der Waals surface area contributed by atoms with Crippen LogP contribution < -0.4 is 14.5 Å². The Labute approximate surface area is 181 Å². The summed E-state index contributed by atoms with van der Waals surface area (Å²) in [4.78, 5) is 12.4. The molecule has 9 heteroatoms. The van der Waals surface area contributed by atoms with Crippen molar-refractivity contribution in [3.63, 3.8) is 0 Å². The Morgan fingerprint density at radius 1 is 1.17 bits per heavy atom. The van der Waals surface area contributed by atoms with Gasteiger partial charge in [0.05, 0.1) is 38.9 Å². The minimum absolute atomic E-state index is 0.598. The number of para-hydroxylation sites is 1. The zero-order valence-corrected chi connectivity index (χ0v) is 17.9. The smallest absolute Gasteiger partial charge is 0.225 e. The molecule has 0 unspecified atom stereocenters. The number of benzene rings is 1. The van der Waals surface area contributed by atoms with Crippen molar-refractivity contribution >= 4 is 18.2 Å². The number of ether oxygens (including phenoxy) is 1. The third-order valence-electron chi connectivity index (χ3n) is 5.26. The van der Waals surface area contributed by atoms with Gasteiger partial charge in [0.15, 0.2) is 12.5 Å². The molecule has 0 amide bonds. The molecule has 3 heterocycles. The van der Waals surface area contributed by atoms with E-state index in [4.69, 9.17) is 22.1 Å². The van der Waals surface area contributed by atoms with Crippen molar-refractivity contribution in [3.8, 4) is 17.1 Å². The molecule has 8 nitrogen and oxygen atoms in total. The van der Waals surface area contributed by atoms with Crippen LogP contribution in [0.3, 0.4) is 0 Å². The van der Waals surface area contributed by atoms with Gasteiger partial charge in [0, 0.05) is 18.9 Å². The van der Waals surface area contributed by atoms with Crippen LogP contribution in [0.2, 0.25) is 0 Å². The molecule has 0 spiro atoms. The van der Waals surface area contributed by atoms with Crippen molar-refractivity contribution in [2.75, 3.05) is 38.2 Å². The highest BCUT2D eigenvalue weighted by Gasteiger charge is 2.24. The van der Waals surface area contributed by atoms with Gasteiger partial charge in [-0.1, -0.05) is 18.2 Å². The fraction of sp³-hybridized carbons (Fsp3) is 0.333. The van der Waals surface area contributed by atoms with Gasteiger partial charge < -0.3 is 14.5 Å². The average molecular weight is 425 g/mol. The Balaban J connectivity index is 1.54. The Morgan fingerprint density at radius 3 is 2.60 bits per heavy atom. The van der Waals surface area contributed by atoms with Crippen molar-refractivity contribution in [3.05, 3.63) is 60.2 Å². The van der Waals surface area contributed by atoms with E-state index in [1.54, 1.807) is 19.5 Å². The first-order valence-corrected chi connectivity index (χ1v) is 10.4. The molecule has 1 aliphatic rings. The molecule has 0 aliphatic carbocycles. The van der Waals surface area contributed by atoms with Crippen LogP contribution in [-0.4, -0.2) is 57.6 Å². The molecule has 1 aromatic carbocycles. The number of nitrogens with one attached hydrogen (secondary N) is 1. The highest BCUT2D eigenvalue weighted by Crippen LogP contribution is 2.28. The molecule has 1 fully saturated rings. The molecule has 1 aliphatic heterocycles. The molecule has 0 radical (unpaired) electrons. The van der Waals surface area contributed by atoms with Gasteiger partial charge in [-0.15, -0.1) is 11.7 Å². The predicted octanol–water partition coefficient (Wildman–Crippen LogP) is 1.43. The quantitative estimate of drug-likeness (QED) is 0.457. The van der Waals surface area contributed by atoms with E-state index in [-0.39, 0.29) is 0 Å². The third-order valence-corrected chi connectivity index (χ3v) is 5.69. The first-order chi connectivity index (χ1) is 14.7. The maximum Gasteiger partial charge on any atom is 0.225 e.